The second-order valence-corrected chi connectivity index (χ2v) is 4.28. The van der Waals surface area contributed by atoms with Crippen LogP contribution in [0.3, 0.4) is 0 Å². The molecular weight excluding hydrogens is 242 g/mol. The first-order chi connectivity index (χ1) is 9.08. The Hall–Kier alpha value is -2.67. The highest BCUT2D eigenvalue weighted by molar-refractivity contribution is 5.89. The van der Waals surface area contributed by atoms with Gasteiger partial charge in [0.25, 0.3) is 0 Å². The van der Waals surface area contributed by atoms with E-state index in [0.29, 0.717) is 11.5 Å². The van der Waals surface area contributed by atoms with E-state index in [1.165, 1.54) is 0 Å². The highest BCUT2D eigenvalue weighted by Gasteiger charge is 2.31. The van der Waals surface area contributed by atoms with Gasteiger partial charge in [-0.25, -0.2) is 4.99 Å². The van der Waals surface area contributed by atoms with E-state index in [1.54, 1.807) is 6.21 Å². The first-order valence-electron chi connectivity index (χ1n) is 5.69. The van der Waals surface area contributed by atoms with Gasteiger partial charge < -0.3 is 22.5 Å². The van der Waals surface area contributed by atoms with Crippen molar-refractivity contribution in [1.82, 2.24) is 9.97 Å². The molecule has 0 amide bonds. The Kier molecular flexibility index (Phi) is 2.36. The SMILES string of the molecule is Nc1nc(N)c2c(n1)N=CC(N)(c1ccccc1)N2. The molecular formula is C12H13N7. The number of aromatic nitrogens is 2. The Morgan fingerprint density at radius 1 is 1.05 bits per heavy atom. The third-order valence-electron chi connectivity index (χ3n) is 2.91. The molecule has 2 aromatic rings. The van der Waals surface area contributed by atoms with Gasteiger partial charge in [0.2, 0.25) is 5.95 Å². The number of nitrogens with two attached hydrogens (primary N) is 3. The van der Waals surface area contributed by atoms with E-state index in [9.17, 15) is 0 Å². The topological polar surface area (TPSA) is 128 Å². The molecule has 1 aromatic carbocycles. The second kappa shape index (κ2) is 3.92. The molecule has 3 rings (SSSR count). The summed E-state index contributed by atoms with van der Waals surface area (Å²) in [6.45, 7) is 0. The lowest BCUT2D eigenvalue weighted by atomic mass is 10.00. The molecule has 1 aliphatic rings. The van der Waals surface area contributed by atoms with Crippen molar-refractivity contribution in [2.45, 2.75) is 5.66 Å². The van der Waals surface area contributed by atoms with Gasteiger partial charge in [-0.15, -0.1) is 0 Å². The monoisotopic (exact) mass is 255 g/mol. The van der Waals surface area contributed by atoms with Gasteiger partial charge in [0.05, 0.1) is 6.21 Å². The minimum absolute atomic E-state index is 0.0828. The third-order valence-corrected chi connectivity index (χ3v) is 2.91. The fraction of sp³-hybridized carbons (Fsp3) is 0.0833. The Morgan fingerprint density at radius 3 is 2.53 bits per heavy atom. The molecule has 1 unspecified atom stereocenters. The Bertz CT molecular complexity index is 653. The van der Waals surface area contributed by atoms with Crippen LogP contribution in [0.4, 0.5) is 23.3 Å². The van der Waals surface area contributed by atoms with Crippen LogP contribution >= 0.6 is 0 Å². The van der Waals surface area contributed by atoms with Crippen molar-refractivity contribution < 1.29 is 0 Å². The normalized spacial score (nSPS) is 20.7. The van der Waals surface area contributed by atoms with E-state index in [1.807, 2.05) is 30.3 Å². The number of nitrogens with zero attached hydrogens (tertiary/aromatic N) is 3. The molecule has 96 valence electrons. The molecule has 1 aliphatic heterocycles. The summed E-state index contributed by atoms with van der Waals surface area (Å²) in [6.07, 6.45) is 1.58. The average Bonchev–Trinajstić information content (AvgIpc) is 2.41. The smallest absolute Gasteiger partial charge is 0.224 e. The first-order valence-corrected chi connectivity index (χ1v) is 5.69. The standard InChI is InChI=1S/C12H13N7/c13-9-8-10(18-11(14)17-9)16-6-12(15,19-8)7-4-2-1-3-5-7/h1-6,19H,15H2,(H4,13,14,17,18). The summed E-state index contributed by atoms with van der Waals surface area (Å²) in [5, 5.41) is 3.11. The minimum Gasteiger partial charge on any atom is -0.382 e. The second-order valence-electron chi connectivity index (χ2n) is 4.28. The predicted octanol–water partition coefficient (Wildman–Crippen LogP) is 0.580. The summed E-state index contributed by atoms with van der Waals surface area (Å²) in [5.41, 5.74) is 18.1. The molecule has 1 aromatic heterocycles. The van der Waals surface area contributed by atoms with Crippen molar-refractivity contribution in [2.24, 2.45) is 10.7 Å². The van der Waals surface area contributed by atoms with Crippen molar-refractivity contribution in [1.29, 1.82) is 0 Å². The van der Waals surface area contributed by atoms with Crippen LogP contribution in [0.2, 0.25) is 0 Å². The van der Waals surface area contributed by atoms with Gasteiger partial charge in [-0.2, -0.15) is 9.97 Å². The van der Waals surface area contributed by atoms with Gasteiger partial charge >= 0.3 is 0 Å². The Morgan fingerprint density at radius 2 is 1.79 bits per heavy atom. The van der Waals surface area contributed by atoms with E-state index in [0.717, 1.165) is 5.56 Å². The quantitative estimate of drug-likeness (QED) is 0.590. The van der Waals surface area contributed by atoms with E-state index < -0.39 is 5.66 Å². The minimum atomic E-state index is -0.943. The summed E-state index contributed by atoms with van der Waals surface area (Å²) >= 11 is 0. The van der Waals surface area contributed by atoms with E-state index in [2.05, 4.69) is 20.3 Å². The molecule has 0 spiro atoms. The van der Waals surface area contributed by atoms with Crippen LogP contribution in [0.25, 0.3) is 0 Å². The number of aliphatic imine (C=N–C) groups is 1. The van der Waals surface area contributed by atoms with Gasteiger partial charge in [0, 0.05) is 0 Å². The van der Waals surface area contributed by atoms with Crippen molar-refractivity contribution in [2.75, 3.05) is 16.8 Å². The number of nitrogen functional groups attached to an aromatic ring is 2. The van der Waals surface area contributed by atoms with E-state index in [4.69, 9.17) is 17.2 Å². The lowest BCUT2D eigenvalue weighted by molar-refractivity contribution is 0.703. The van der Waals surface area contributed by atoms with Crippen molar-refractivity contribution in [3.05, 3.63) is 35.9 Å². The molecule has 0 bridgehead atoms. The molecule has 1 atom stereocenters. The number of nitrogens with one attached hydrogen (secondary N) is 1. The van der Waals surface area contributed by atoms with Gasteiger partial charge in [-0.3, -0.25) is 0 Å². The van der Waals surface area contributed by atoms with Gasteiger partial charge in [0.1, 0.15) is 11.4 Å². The highest BCUT2D eigenvalue weighted by atomic mass is 15.2. The molecule has 7 N–H and O–H groups in total. The number of benzene rings is 1. The van der Waals surface area contributed by atoms with Crippen LogP contribution in [0.1, 0.15) is 5.56 Å². The number of hydrogen-bond acceptors (Lipinski definition) is 7. The maximum Gasteiger partial charge on any atom is 0.224 e. The fourth-order valence-electron chi connectivity index (χ4n) is 1.96. The van der Waals surface area contributed by atoms with Crippen LogP contribution in [0.15, 0.2) is 35.3 Å². The average molecular weight is 255 g/mol. The van der Waals surface area contributed by atoms with Gasteiger partial charge in [-0.1, -0.05) is 30.3 Å². The van der Waals surface area contributed by atoms with Crippen LogP contribution in [-0.2, 0) is 5.66 Å². The first kappa shape index (κ1) is 11.4. The van der Waals surface area contributed by atoms with E-state index in [-0.39, 0.29) is 11.8 Å². The van der Waals surface area contributed by atoms with Crippen LogP contribution in [-0.4, -0.2) is 16.2 Å². The van der Waals surface area contributed by atoms with Crippen molar-refractivity contribution >= 4 is 29.5 Å². The molecule has 0 radical (unpaired) electrons. The molecule has 0 saturated carbocycles. The largest absolute Gasteiger partial charge is 0.382 e. The van der Waals surface area contributed by atoms with Crippen LogP contribution in [0.5, 0.6) is 0 Å². The predicted molar refractivity (Wildman–Crippen MR) is 74.9 cm³/mol. The molecule has 0 saturated heterocycles. The molecule has 2 heterocycles. The summed E-state index contributed by atoms with van der Waals surface area (Å²) in [7, 11) is 0. The summed E-state index contributed by atoms with van der Waals surface area (Å²) in [4.78, 5) is 12.1. The summed E-state index contributed by atoms with van der Waals surface area (Å²) in [6, 6.07) is 9.52. The molecule has 0 fully saturated rings. The summed E-state index contributed by atoms with van der Waals surface area (Å²) < 4.78 is 0. The molecule has 7 heteroatoms. The lowest BCUT2D eigenvalue weighted by Crippen LogP contribution is -2.47. The van der Waals surface area contributed by atoms with Gasteiger partial charge in [-0.05, 0) is 5.56 Å². The highest BCUT2D eigenvalue weighted by Crippen LogP contribution is 2.35. The zero-order valence-electron chi connectivity index (χ0n) is 10.0. The lowest BCUT2D eigenvalue weighted by Gasteiger charge is -2.31. The molecule has 7 nitrogen and oxygen atoms in total. The molecule has 0 aliphatic carbocycles. The molecule has 19 heavy (non-hydrogen) atoms. The Labute approximate surface area is 109 Å². The van der Waals surface area contributed by atoms with Crippen molar-refractivity contribution in [3.63, 3.8) is 0 Å². The van der Waals surface area contributed by atoms with Gasteiger partial charge in [0.15, 0.2) is 11.6 Å². The zero-order valence-corrected chi connectivity index (χ0v) is 10.0. The number of fused-ring (bicyclic) bond motifs is 1. The zero-order chi connectivity index (χ0) is 13.5. The van der Waals surface area contributed by atoms with E-state index >= 15 is 0 Å². The number of anilines is 3. The number of rotatable bonds is 1. The van der Waals surface area contributed by atoms with Crippen molar-refractivity contribution in [3.8, 4) is 0 Å². The maximum atomic E-state index is 6.30. The maximum absolute atomic E-state index is 6.30. The summed E-state index contributed by atoms with van der Waals surface area (Å²) in [5.74, 6) is 0.701. The number of hydrogen-bond donors (Lipinski definition) is 4. The third kappa shape index (κ3) is 1.85. The Balaban J connectivity index is 2.08. The van der Waals surface area contributed by atoms with Crippen LogP contribution < -0.4 is 22.5 Å². The van der Waals surface area contributed by atoms with Crippen LogP contribution in [0, 0.1) is 0 Å². The fourth-order valence-corrected chi connectivity index (χ4v) is 1.96.